The van der Waals surface area contributed by atoms with Gasteiger partial charge >= 0.3 is 0 Å². The first-order valence-electron chi connectivity index (χ1n) is 13.1. The van der Waals surface area contributed by atoms with Gasteiger partial charge in [-0.05, 0) is 57.6 Å². The molecule has 9 nitrogen and oxygen atoms in total. The largest absolute Gasteiger partial charge is 0.493 e. The van der Waals surface area contributed by atoms with E-state index in [-0.39, 0.29) is 30.9 Å². The summed E-state index contributed by atoms with van der Waals surface area (Å²) in [5.41, 5.74) is 4.68. The van der Waals surface area contributed by atoms with Crippen molar-refractivity contribution in [3.8, 4) is 17.0 Å². The number of benzene rings is 1. The monoisotopic (exact) mass is 523 g/mol. The van der Waals surface area contributed by atoms with Crippen LogP contribution in [0.4, 0.5) is 4.39 Å². The zero-order chi connectivity index (χ0) is 26.8. The van der Waals surface area contributed by atoms with E-state index in [2.05, 4.69) is 25.6 Å². The molecular weight excluding hydrogens is 489 g/mol. The summed E-state index contributed by atoms with van der Waals surface area (Å²) in [6.07, 6.45) is 3.66. The third kappa shape index (κ3) is 5.65. The Labute approximate surface area is 220 Å². The van der Waals surface area contributed by atoms with Gasteiger partial charge in [0.1, 0.15) is 36.1 Å². The van der Waals surface area contributed by atoms with Crippen molar-refractivity contribution in [3.63, 3.8) is 0 Å². The van der Waals surface area contributed by atoms with Crippen LogP contribution in [0.25, 0.3) is 22.3 Å². The number of nitrogens with one attached hydrogen (secondary N) is 3. The number of aryl methyl sites for hydroxylation is 2. The van der Waals surface area contributed by atoms with E-state index < -0.39 is 12.2 Å². The number of carbonyl (C=O) groups excluding carboxylic acids is 2. The molecule has 2 heterocycles. The fourth-order valence-electron chi connectivity index (χ4n) is 5.10. The first-order valence-corrected chi connectivity index (χ1v) is 13.1. The molecule has 5 rings (SSSR count). The lowest BCUT2D eigenvalue weighted by atomic mass is 9.89. The number of alkyl halides is 1. The Hall–Kier alpha value is -3.53. The molecule has 3 atom stereocenters. The van der Waals surface area contributed by atoms with E-state index in [4.69, 9.17) is 9.47 Å². The summed E-state index contributed by atoms with van der Waals surface area (Å²) in [6.45, 7) is 4.42. The highest BCUT2D eigenvalue weighted by molar-refractivity contribution is 6.09. The number of aromatic amines is 1. The van der Waals surface area contributed by atoms with Crippen molar-refractivity contribution in [2.24, 2.45) is 5.92 Å². The van der Waals surface area contributed by atoms with Crippen molar-refractivity contribution in [2.75, 3.05) is 20.3 Å². The van der Waals surface area contributed by atoms with Gasteiger partial charge in [-0.2, -0.15) is 0 Å². The summed E-state index contributed by atoms with van der Waals surface area (Å²) in [4.78, 5) is 37.4. The maximum absolute atomic E-state index is 15.0. The summed E-state index contributed by atoms with van der Waals surface area (Å²) in [5, 5.41) is 5.65. The highest BCUT2D eigenvalue weighted by Gasteiger charge is 2.33. The van der Waals surface area contributed by atoms with Gasteiger partial charge in [0.25, 0.3) is 5.91 Å². The third-order valence-electron chi connectivity index (χ3n) is 7.29. The Bertz CT molecular complexity index is 1340. The summed E-state index contributed by atoms with van der Waals surface area (Å²) < 4.78 is 26.0. The van der Waals surface area contributed by atoms with Crippen molar-refractivity contribution in [1.82, 2.24) is 25.6 Å². The van der Waals surface area contributed by atoms with Crippen LogP contribution in [0.3, 0.4) is 0 Å². The molecular formula is C28H34FN5O4. The number of rotatable bonds is 9. The lowest BCUT2D eigenvalue weighted by Crippen LogP contribution is -2.50. The van der Waals surface area contributed by atoms with Crippen LogP contribution in [0.5, 0.6) is 5.75 Å². The Morgan fingerprint density at radius 3 is 2.68 bits per heavy atom. The van der Waals surface area contributed by atoms with Crippen LogP contribution in [0.2, 0.25) is 0 Å². The molecule has 0 saturated heterocycles. The van der Waals surface area contributed by atoms with E-state index in [1.54, 1.807) is 6.92 Å². The number of carbonyl (C=O) groups is 2. The van der Waals surface area contributed by atoms with Crippen molar-refractivity contribution in [1.29, 1.82) is 0 Å². The molecule has 0 spiro atoms. The minimum atomic E-state index is -1.28. The number of fused-ring (bicyclic) bond motifs is 1. The normalized spacial score (nSPS) is 21.3. The molecule has 0 radical (unpaired) electrons. The van der Waals surface area contributed by atoms with Crippen LogP contribution in [0.1, 0.15) is 53.7 Å². The summed E-state index contributed by atoms with van der Waals surface area (Å²) in [6, 6.07) is 5.06. The number of aromatic nitrogens is 3. The second-order valence-corrected chi connectivity index (χ2v) is 10.4. The van der Waals surface area contributed by atoms with Gasteiger partial charge in [-0.25, -0.2) is 14.4 Å². The van der Waals surface area contributed by atoms with Crippen molar-refractivity contribution >= 4 is 22.8 Å². The molecule has 2 aromatic heterocycles. The molecule has 2 aliphatic carbocycles. The molecule has 3 N–H and O–H groups in total. The molecule has 2 aliphatic rings. The van der Waals surface area contributed by atoms with Crippen LogP contribution >= 0.6 is 0 Å². The predicted octanol–water partition coefficient (Wildman–Crippen LogP) is 3.78. The second kappa shape index (κ2) is 11.1. The molecule has 1 aromatic carbocycles. The molecule has 2 fully saturated rings. The van der Waals surface area contributed by atoms with Crippen LogP contribution in [-0.2, 0) is 9.53 Å². The Morgan fingerprint density at radius 2 is 1.95 bits per heavy atom. The van der Waals surface area contributed by atoms with Crippen molar-refractivity contribution in [3.05, 3.63) is 41.3 Å². The molecule has 202 valence electrons. The third-order valence-corrected chi connectivity index (χ3v) is 7.29. The van der Waals surface area contributed by atoms with Crippen LogP contribution in [0, 0.1) is 19.8 Å². The van der Waals surface area contributed by atoms with Gasteiger partial charge in [0.15, 0.2) is 0 Å². The smallest absolute Gasteiger partial charge is 0.255 e. The number of hydrogen-bond donors (Lipinski definition) is 3. The second-order valence-electron chi connectivity index (χ2n) is 10.4. The topological polar surface area (TPSA) is 118 Å². The number of amides is 2. The van der Waals surface area contributed by atoms with E-state index >= 15 is 4.39 Å². The van der Waals surface area contributed by atoms with Crippen LogP contribution in [0.15, 0.2) is 24.5 Å². The predicted molar refractivity (Wildman–Crippen MR) is 141 cm³/mol. The van der Waals surface area contributed by atoms with Gasteiger partial charge in [-0.1, -0.05) is 11.6 Å². The zero-order valence-corrected chi connectivity index (χ0v) is 22.0. The maximum Gasteiger partial charge on any atom is 0.255 e. The summed E-state index contributed by atoms with van der Waals surface area (Å²) in [5.74, 6) is 0.693. The lowest BCUT2D eigenvalue weighted by Gasteiger charge is -2.32. The van der Waals surface area contributed by atoms with Crippen LogP contribution < -0.4 is 15.4 Å². The van der Waals surface area contributed by atoms with Gasteiger partial charge < -0.3 is 25.1 Å². The fourth-order valence-corrected chi connectivity index (χ4v) is 5.10. The maximum atomic E-state index is 15.0. The first kappa shape index (κ1) is 26.1. The SMILES string of the molecule is COCC(=O)N[C@@H]1CC[C@@H](NC(=O)c2c(C)[nH]c3c(-c4cc(C)ccc4OCC4CC4)ncnc23)[C@H](F)C1. The molecule has 0 bridgehead atoms. The molecule has 3 aromatic rings. The zero-order valence-electron chi connectivity index (χ0n) is 22.0. The molecule has 2 amide bonds. The average Bonchev–Trinajstić information content (AvgIpc) is 3.64. The van der Waals surface area contributed by atoms with Gasteiger partial charge in [0, 0.05) is 30.8 Å². The van der Waals surface area contributed by atoms with Crippen molar-refractivity contribution in [2.45, 2.75) is 64.2 Å². The lowest BCUT2D eigenvalue weighted by molar-refractivity contribution is -0.125. The summed E-state index contributed by atoms with van der Waals surface area (Å²) >= 11 is 0. The quantitative estimate of drug-likeness (QED) is 0.393. The number of nitrogens with zero attached hydrogens (tertiary/aromatic N) is 2. The highest BCUT2D eigenvalue weighted by Crippen LogP contribution is 2.37. The number of halogens is 1. The molecule has 0 aliphatic heterocycles. The number of ether oxygens (including phenoxy) is 2. The highest BCUT2D eigenvalue weighted by atomic mass is 19.1. The van der Waals surface area contributed by atoms with E-state index in [1.165, 1.54) is 26.3 Å². The average molecular weight is 524 g/mol. The minimum absolute atomic E-state index is 0.0615. The van der Waals surface area contributed by atoms with Crippen LogP contribution in [-0.4, -0.2) is 65.3 Å². The first-order chi connectivity index (χ1) is 18.3. The molecule has 2 saturated carbocycles. The van der Waals surface area contributed by atoms with Gasteiger partial charge in [0.2, 0.25) is 5.91 Å². The van der Waals surface area contributed by atoms with Gasteiger partial charge in [-0.15, -0.1) is 0 Å². The van der Waals surface area contributed by atoms with Gasteiger partial charge in [-0.3, -0.25) is 9.59 Å². The fraction of sp³-hybridized carbons (Fsp3) is 0.500. The Morgan fingerprint density at radius 1 is 1.13 bits per heavy atom. The van der Waals surface area contributed by atoms with E-state index in [9.17, 15) is 9.59 Å². The molecule has 10 heteroatoms. The van der Waals surface area contributed by atoms with Gasteiger partial charge in [0.05, 0.1) is 23.7 Å². The summed E-state index contributed by atoms with van der Waals surface area (Å²) in [7, 11) is 1.44. The Balaban J connectivity index is 1.36. The Kier molecular flexibility index (Phi) is 7.60. The molecule has 0 unspecified atom stereocenters. The standard InChI is InChI=1S/C28H34FN5O4/c1-15-4-9-22(38-12-17-5-6-17)19(10-15)25-27-26(31-14-30-25)24(16(2)32-27)28(36)34-21-8-7-18(11-20(21)29)33-23(35)13-37-3/h4,9-10,14,17-18,20-21,32H,5-8,11-13H2,1-3H3,(H,33,35)(H,34,36)/t18-,20-,21-/m1/s1. The number of hydrogen-bond acceptors (Lipinski definition) is 6. The molecule has 38 heavy (non-hydrogen) atoms. The van der Waals surface area contributed by atoms with Crippen molar-refractivity contribution < 1.29 is 23.5 Å². The number of methoxy groups -OCH3 is 1. The minimum Gasteiger partial charge on any atom is -0.493 e. The van der Waals surface area contributed by atoms with E-state index in [0.717, 1.165) is 16.9 Å². The van der Waals surface area contributed by atoms with E-state index in [1.807, 2.05) is 25.1 Å². The van der Waals surface area contributed by atoms with E-state index in [0.29, 0.717) is 53.4 Å². The number of H-pyrrole nitrogens is 1.